The lowest BCUT2D eigenvalue weighted by Gasteiger charge is -2.10. The summed E-state index contributed by atoms with van der Waals surface area (Å²) in [6, 6.07) is 10.2. The van der Waals surface area contributed by atoms with E-state index < -0.39 is 5.97 Å². The van der Waals surface area contributed by atoms with Gasteiger partial charge in [-0.1, -0.05) is 6.07 Å². The van der Waals surface area contributed by atoms with Crippen LogP contribution < -0.4 is 10.5 Å². The van der Waals surface area contributed by atoms with Gasteiger partial charge in [0.25, 0.3) is 0 Å². The molecule has 0 radical (unpaired) electrons. The summed E-state index contributed by atoms with van der Waals surface area (Å²) >= 11 is 0. The summed E-state index contributed by atoms with van der Waals surface area (Å²) in [6.45, 7) is 3.98. The summed E-state index contributed by atoms with van der Waals surface area (Å²) < 4.78 is 5.63. The number of ether oxygens (including phenoxy) is 1. The minimum atomic E-state index is -1.06. The Kier molecular flexibility index (Phi) is 3.42. The molecule has 2 rings (SSSR count). The monoisotopic (exact) mass is 257 g/mol. The fourth-order valence-electron chi connectivity index (χ4n) is 1.71. The van der Waals surface area contributed by atoms with Crippen LogP contribution in [-0.4, -0.2) is 11.1 Å². The smallest absolute Gasteiger partial charge is 0.339 e. The second-order valence-corrected chi connectivity index (χ2v) is 4.41. The maximum absolute atomic E-state index is 11.1. The molecular formula is C15H15NO3. The van der Waals surface area contributed by atoms with Crippen molar-refractivity contribution in [2.24, 2.45) is 0 Å². The van der Waals surface area contributed by atoms with Gasteiger partial charge >= 0.3 is 5.97 Å². The molecule has 0 amide bonds. The largest absolute Gasteiger partial charge is 0.478 e. The number of aryl methyl sites for hydroxylation is 2. The third kappa shape index (κ3) is 2.85. The van der Waals surface area contributed by atoms with Gasteiger partial charge in [-0.2, -0.15) is 0 Å². The molecule has 4 nitrogen and oxygen atoms in total. The molecule has 98 valence electrons. The van der Waals surface area contributed by atoms with E-state index in [1.54, 1.807) is 12.1 Å². The highest BCUT2D eigenvalue weighted by molar-refractivity contribution is 5.92. The summed E-state index contributed by atoms with van der Waals surface area (Å²) in [6.07, 6.45) is 0. The number of hydrogen-bond acceptors (Lipinski definition) is 3. The number of benzene rings is 2. The van der Waals surface area contributed by atoms with Crippen molar-refractivity contribution in [1.29, 1.82) is 0 Å². The number of rotatable bonds is 3. The zero-order chi connectivity index (χ0) is 14.0. The molecule has 0 unspecified atom stereocenters. The third-order valence-corrected chi connectivity index (χ3v) is 2.94. The maximum Gasteiger partial charge on any atom is 0.339 e. The van der Waals surface area contributed by atoms with Gasteiger partial charge in [0.15, 0.2) is 0 Å². The van der Waals surface area contributed by atoms with Crippen LogP contribution in [0.3, 0.4) is 0 Å². The van der Waals surface area contributed by atoms with Crippen LogP contribution in [-0.2, 0) is 0 Å². The first-order chi connectivity index (χ1) is 8.97. The van der Waals surface area contributed by atoms with Crippen molar-refractivity contribution in [3.63, 3.8) is 0 Å². The van der Waals surface area contributed by atoms with Gasteiger partial charge < -0.3 is 15.6 Å². The number of anilines is 1. The minimum absolute atomic E-state index is 0.0539. The van der Waals surface area contributed by atoms with E-state index in [4.69, 9.17) is 15.6 Å². The first-order valence-corrected chi connectivity index (χ1v) is 5.85. The van der Waals surface area contributed by atoms with Crippen LogP contribution in [0, 0.1) is 13.8 Å². The van der Waals surface area contributed by atoms with Gasteiger partial charge in [0.1, 0.15) is 17.1 Å². The van der Waals surface area contributed by atoms with Crippen molar-refractivity contribution < 1.29 is 14.6 Å². The Balaban J connectivity index is 2.37. The van der Waals surface area contributed by atoms with Crippen LogP contribution >= 0.6 is 0 Å². The van der Waals surface area contributed by atoms with Gasteiger partial charge in [0, 0.05) is 5.69 Å². The molecule has 0 saturated carbocycles. The molecular weight excluding hydrogens is 242 g/mol. The zero-order valence-corrected chi connectivity index (χ0v) is 10.8. The van der Waals surface area contributed by atoms with Gasteiger partial charge in [-0.15, -0.1) is 0 Å². The summed E-state index contributed by atoms with van der Waals surface area (Å²) in [5.74, 6) is -0.175. The molecule has 0 fully saturated rings. The lowest BCUT2D eigenvalue weighted by molar-refractivity contribution is 0.0694. The summed E-state index contributed by atoms with van der Waals surface area (Å²) in [4.78, 5) is 11.1. The molecule has 0 aliphatic rings. The Hall–Kier alpha value is -2.49. The number of carboxylic acid groups (broad SMARTS) is 1. The van der Waals surface area contributed by atoms with Crippen LogP contribution in [0.4, 0.5) is 5.69 Å². The Bertz CT molecular complexity index is 635. The SMILES string of the molecule is Cc1ccc(Oc2ccc(N)cc2C(=O)O)cc1C. The van der Waals surface area contributed by atoms with Crippen LogP contribution in [0.15, 0.2) is 36.4 Å². The predicted octanol–water partition coefficient (Wildman–Crippen LogP) is 3.38. The molecule has 0 atom stereocenters. The normalized spacial score (nSPS) is 10.2. The van der Waals surface area contributed by atoms with Gasteiger partial charge in [0.05, 0.1) is 0 Å². The average Bonchev–Trinajstić information content (AvgIpc) is 2.36. The number of carbonyl (C=O) groups is 1. The molecule has 0 saturated heterocycles. The first-order valence-electron chi connectivity index (χ1n) is 5.85. The van der Waals surface area contributed by atoms with Crippen LogP contribution in [0.1, 0.15) is 21.5 Å². The van der Waals surface area contributed by atoms with Crippen molar-refractivity contribution in [2.45, 2.75) is 13.8 Å². The Morgan fingerprint density at radius 1 is 1.11 bits per heavy atom. The van der Waals surface area contributed by atoms with Crippen molar-refractivity contribution in [3.05, 3.63) is 53.1 Å². The van der Waals surface area contributed by atoms with Crippen LogP contribution in [0.5, 0.6) is 11.5 Å². The second kappa shape index (κ2) is 5.02. The number of nitrogens with two attached hydrogens (primary N) is 1. The number of nitrogen functional groups attached to an aromatic ring is 1. The van der Waals surface area contributed by atoms with E-state index >= 15 is 0 Å². The van der Waals surface area contributed by atoms with Crippen molar-refractivity contribution >= 4 is 11.7 Å². The summed E-state index contributed by atoms with van der Waals surface area (Å²) in [7, 11) is 0. The topological polar surface area (TPSA) is 72.5 Å². The fourth-order valence-corrected chi connectivity index (χ4v) is 1.71. The maximum atomic E-state index is 11.1. The van der Waals surface area contributed by atoms with E-state index in [-0.39, 0.29) is 11.3 Å². The minimum Gasteiger partial charge on any atom is -0.478 e. The molecule has 0 bridgehead atoms. The molecule has 0 spiro atoms. The van der Waals surface area contributed by atoms with Crippen molar-refractivity contribution in [1.82, 2.24) is 0 Å². The highest BCUT2D eigenvalue weighted by atomic mass is 16.5. The summed E-state index contributed by atoms with van der Waals surface area (Å²) in [5.41, 5.74) is 8.27. The molecule has 2 aromatic carbocycles. The highest BCUT2D eigenvalue weighted by Gasteiger charge is 2.12. The van der Waals surface area contributed by atoms with Crippen LogP contribution in [0.25, 0.3) is 0 Å². The third-order valence-electron chi connectivity index (χ3n) is 2.94. The first kappa shape index (κ1) is 13.0. The molecule has 0 aliphatic carbocycles. The molecule has 3 N–H and O–H groups in total. The molecule has 0 heterocycles. The van der Waals surface area contributed by atoms with E-state index in [1.807, 2.05) is 32.0 Å². The quantitative estimate of drug-likeness (QED) is 0.827. The highest BCUT2D eigenvalue weighted by Crippen LogP contribution is 2.28. The standard InChI is InChI=1S/C15H15NO3/c1-9-3-5-12(7-10(9)2)19-14-6-4-11(16)8-13(14)15(17)18/h3-8H,16H2,1-2H3,(H,17,18). The molecule has 19 heavy (non-hydrogen) atoms. The molecule has 0 aliphatic heterocycles. The molecule has 0 aromatic heterocycles. The predicted molar refractivity (Wildman–Crippen MR) is 73.8 cm³/mol. The molecule has 4 heteroatoms. The molecule has 2 aromatic rings. The zero-order valence-electron chi connectivity index (χ0n) is 10.8. The van der Waals surface area contributed by atoms with E-state index in [9.17, 15) is 4.79 Å². The number of hydrogen-bond donors (Lipinski definition) is 2. The van der Waals surface area contributed by atoms with E-state index in [0.717, 1.165) is 11.1 Å². The Morgan fingerprint density at radius 2 is 1.84 bits per heavy atom. The summed E-state index contributed by atoms with van der Waals surface area (Å²) in [5, 5.41) is 9.13. The fraction of sp³-hybridized carbons (Fsp3) is 0.133. The van der Waals surface area contributed by atoms with E-state index in [1.165, 1.54) is 6.07 Å². The van der Waals surface area contributed by atoms with Gasteiger partial charge in [-0.05, 0) is 55.3 Å². The van der Waals surface area contributed by atoms with Crippen molar-refractivity contribution in [3.8, 4) is 11.5 Å². The Morgan fingerprint density at radius 3 is 2.47 bits per heavy atom. The lowest BCUT2D eigenvalue weighted by atomic mass is 10.1. The van der Waals surface area contributed by atoms with Gasteiger partial charge in [-0.25, -0.2) is 4.79 Å². The Labute approximate surface area is 111 Å². The van der Waals surface area contributed by atoms with E-state index in [2.05, 4.69) is 0 Å². The number of aromatic carboxylic acids is 1. The van der Waals surface area contributed by atoms with Crippen LogP contribution in [0.2, 0.25) is 0 Å². The van der Waals surface area contributed by atoms with Gasteiger partial charge in [-0.3, -0.25) is 0 Å². The lowest BCUT2D eigenvalue weighted by Crippen LogP contribution is -2.01. The van der Waals surface area contributed by atoms with Gasteiger partial charge in [0.2, 0.25) is 0 Å². The van der Waals surface area contributed by atoms with E-state index in [0.29, 0.717) is 11.4 Å². The van der Waals surface area contributed by atoms with Crippen molar-refractivity contribution in [2.75, 3.05) is 5.73 Å². The second-order valence-electron chi connectivity index (χ2n) is 4.41. The average molecular weight is 257 g/mol. The number of carboxylic acids is 1.